The second kappa shape index (κ2) is 11.6. The van der Waals surface area contributed by atoms with E-state index in [4.69, 9.17) is 13.9 Å². The molecule has 2 aromatic rings. The topological polar surface area (TPSA) is 72.2 Å². The Morgan fingerprint density at radius 1 is 1.16 bits per heavy atom. The summed E-state index contributed by atoms with van der Waals surface area (Å²) in [5.74, 6) is 1.01. The van der Waals surface area contributed by atoms with Crippen LogP contribution in [0.3, 0.4) is 0 Å². The number of ether oxygens (including phenoxy) is 2. The van der Waals surface area contributed by atoms with E-state index in [0.29, 0.717) is 24.6 Å². The van der Waals surface area contributed by atoms with Crippen molar-refractivity contribution in [1.29, 1.82) is 0 Å². The molecule has 7 nitrogen and oxygen atoms in total. The molecule has 2 amide bonds. The van der Waals surface area contributed by atoms with Gasteiger partial charge < -0.3 is 23.7 Å². The summed E-state index contributed by atoms with van der Waals surface area (Å²) in [6, 6.07) is 12.8. The van der Waals surface area contributed by atoms with Crippen molar-refractivity contribution >= 4 is 11.8 Å². The molecule has 1 fully saturated rings. The van der Waals surface area contributed by atoms with E-state index in [1.165, 1.54) is 0 Å². The number of amides is 2. The number of para-hydroxylation sites is 1. The van der Waals surface area contributed by atoms with Gasteiger partial charge in [0.2, 0.25) is 5.91 Å². The minimum Gasteiger partial charge on any atom is -0.484 e. The van der Waals surface area contributed by atoms with Crippen molar-refractivity contribution in [2.75, 3.05) is 26.3 Å². The molecule has 168 valence electrons. The summed E-state index contributed by atoms with van der Waals surface area (Å²) in [7, 11) is 0. The lowest BCUT2D eigenvalue weighted by molar-refractivity contribution is -0.144. The third kappa shape index (κ3) is 6.85. The van der Waals surface area contributed by atoms with Gasteiger partial charge >= 0.3 is 0 Å². The fraction of sp³-hybridized carbons (Fsp3) is 0.500. The molecule has 1 aliphatic heterocycles. The molecule has 0 N–H and O–H groups in total. The lowest BCUT2D eigenvalue weighted by Gasteiger charge is -2.31. The maximum absolute atomic E-state index is 13.3. The van der Waals surface area contributed by atoms with Crippen molar-refractivity contribution in [3.63, 3.8) is 0 Å². The van der Waals surface area contributed by atoms with Crippen LogP contribution < -0.4 is 4.74 Å². The van der Waals surface area contributed by atoms with Crippen LogP contribution in [0, 0.1) is 0 Å². The van der Waals surface area contributed by atoms with Gasteiger partial charge in [0.15, 0.2) is 6.61 Å². The van der Waals surface area contributed by atoms with Crippen LogP contribution in [0.1, 0.15) is 38.9 Å². The first-order valence-electron chi connectivity index (χ1n) is 11.0. The van der Waals surface area contributed by atoms with Crippen molar-refractivity contribution in [1.82, 2.24) is 9.80 Å². The van der Waals surface area contributed by atoms with E-state index in [1.54, 1.807) is 34.3 Å². The van der Waals surface area contributed by atoms with E-state index in [-0.39, 0.29) is 37.1 Å². The first-order valence-corrected chi connectivity index (χ1v) is 11.0. The van der Waals surface area contributed by atoms with Gasteiger partial charge in [-0.3, -0.25) is 9.59 Å². The Morgan fingerprint density at radius 3 is 2.61 bits per heavy atom. The van der Waals surface area contributed by atoms with Crippen molar-refractivity contribution in [3.8, 4) is 5.75 Å². The Hall–Kier alpha value is -2.80. The number of nitrogens with zero attached hydrogens (tertiary/aromatic N) is 2. The molecular formula is C24H32N2O5. The molecule has 0 saturated carbocycles. The van der Waals surface area contributed by atoms with Crippen molar-refractivity contribution in [2.24, 2.45) is 0 Å². The maximum Gasteiger partial charge on any atom is 0.261 e. The molecule has 2 heterocycles. The fourth-order valence-corrected chi connectivity index (χ4v) is 3.58. The molecule has 0 aliphatic carbocycles. The average Bonchev–Trinajstić information content (AvgIpc) is 3.50. The summed E-state index contributed by atoms with van der Waals surface area (Å²) in [6.45, 7) is 5.41. The van der Waals surface area contributed by atoms with Gasteiger partial charge in [0.25, 0.3) is 5.91 Å². The van der Waals surface area contributed by atoms with Gasteiger partial charge in [0.1, 0.15) is 18.1 Å². The number of carbonyl (C=O) groups excluding carboxylic acids is 2. The number of rotatable bonds is 11. The van der Waals surface area contributed by atoms with E-state index in [1.807, 2.05) is 38.1 Å². The molecule has 2 atom stereocenters. The number of carbonyl (C=O) groups is 2. The SMILES string of the molecule is CCC(C)N(CC(=O)N(Cc1ccco1)CC1CCCO1)C(=O)COc1ccccc1. The van der Waals surface area contributed by atoms with Gasteiger partial charge in [-0.15, -0.1) is 0 Å². The minimum atomic E-state index is -0.207. The third-order valence-corrected chi connectivity index (χ3v) is 5.58. The summed E-state index contributed by atoms with van der Waals surface area (Å²) >= 11 is 0. The zero-order valence-corrected chi connectivity index (χ0v) is 18.4. The van der Waals surface area contributed by atoms with E-state index >= 15 is 0 Å². The van der Waals surface area contributed by atoms with E-state index < -0.39 is 0 Å². The molecule has 1 aromatic carbocycles. The van der Waals surface area contributed by atoms with Crippen molar-refractivity contribution in [3.05, 3.63) is 54.5 Å². The number of furan rings is 1. The average molecular weight is 429 g/mol. The molecule has 0 spiro atoms. The van der Waals surface area contributed by atoms with Crippen LogP contribution in [-0.2, 0) is 20.9 Å². The molecule has 0 radical (unpaired) electrons. The predicted molar refractivity (Wildman–Crippen MR) is 117 cm³/mol. The molecule has 1 aliphatic rings. The van der Waals surface area contributed by atoms with Gasteiger partial charge in [0.05, 0.1) is 18.9 Å². The Balaban J connectivity index is 1.65. The molecule has 2 unspecified atom stereocenters. The highest BCUT2D eigenvalue weighted by Crippen LogP contribution is 2.17. The summed E-state index contributed by atoms with van der Waals surface area (Å²) in [5.41, 5.74) is 0. The Bertz CT molecular complexity index is 803. The van der Waals surface area contributed by atoms with Crippen LogP contribution in [0.25, 0.3) is 0 Å². The zero-order chi connectivity index (χ0) is 22.1. The quantitative estimate of drug-likeness (QED) is 0.548. The Labute approximate surface area is 183 Å². The molecular weight excluding hydrogens is 396 g/mol. The van der Waals surface area contributed by atoms with E-state index in [0.717, 1.165) is 25.9 Å². The predicted octanol–water partition coefficient (Wildman–Crippen LogP) is 3.49. The molecule has 7 heteroatoms. The van der Waals surface area contributed by atoms with Gasteiger partial charge in [-0.2, -0.15) is 0 Å². The first-order chi connectivity index (χ1) is 15.1. The van der Waals surface area contributed by atoms with E-state index in [2.05, 4.69) is 0 Å². The van der Waals surface area contributed by atoms with Crippen LogP contribution in [-0.4, -0.2) is 60.1 Å². The molecule has 1 saturated heterocycles. The lowest BCUT2D eigenvalue weighted by Crippen LogP contribution is -2.49. The fourth-order valence-electron chi connectivity index (χ4n) is 3.58. The molecule has 31 heavy (non-hydrogen) atoms. The van der Waals surface area contributed by atoms with Crippen molar-refractivity contribution < 1.29 is 23.5 Å². The summed E-state index contributed by atoms with van der Waals surface area (Å²) in [5, 5.41) is 0. The second-order valence-corrected chi connectivity index (χ2v) is 7.87. The number of benzene rings is 1. The van der Waals surface area contributed by atoms with Crippen LogP contribution in [0.4, 0.5) is 0 Å². The highest BCUT2D eigenvalue weighted by molar-refractivity contribution is 5.85. The van der Waals surface area contributed by atoms with Crippen LogP contribution in [0.5, 0.6) is 5.75 Å². The van der Waals surface area contributed by atoms with Crippen LogP contribution >= 0.6 is 0 Å². The Kier molecular flexibility index (Phi) is 8.53. The number of hydrogen-bond acceptors (Lipinski definition) is 5. The van der Waals surface area contributed by atoms with Crippen LogP contribution in [0.15, 0.2) is 53.1 Å². The standard InChI is InChI=1S/C24H32N2O5/c1-3-19(2)26(24(28)18-31-20-9-5-4-6-10-20)17-23(27)25(15-21-11-7-13-29-21)16-22-12-8-14-30-22/h4-7,9-11,13,19,22H,3,8,12,14-18H2,1-2H3. The van der Waals surface area contributed by atoms with Gasteiger partial charge in [0, 0.05) is 19.2 Å². The second-order valence-electron chi connectivity index (χ2n) is 7.87. The van der Waals surface area contributed by atoms with Gasteiger partial charge in [-0.05, 0) is 50.5 Å². The maximum atomic E-state index is 13.3. The smallest absolute Gasteiger partial charge is 0.261 e. The van der Waals surface area contributed by atoms with E-state index in [9.17, 15) is 9.59 Å². The first kappa shape index (κ1) is 22.9. The van der Waals surface area contributed by atoms with Gasteiger partial charge in [-0.1, -0.05) is 25.1 Å². The third-order valence-electron chi connectivity index (χ3n) is 5.58. The van der Waals surface area contributed by atoms with Crippen molar-refractivity contribution in [2.45, 2.75) is 51.8 Å². The largest absolute Gasteiger partial charge is 0.484 e. The summed E-state index contributed by atoms with van der Waals surface area (Å²) in [6.07, 6.45) is 4.30. The minimum absolute atomic E-state index is 0.000577. The monoisotopic (exact) mass is 428 g/mol. The Morgan fingerprint density at radius 2 is 1.97 bits per heavy atom. The van der Waals surface area contributed by atoms with Crippen LogP contribution in [0.2, 0.25) is 0 Å². The molecule has 1 aromatic heterocycles. The number of hydrogen-bond donors (Lipinski definition) is 0. The lowest BCUT2D eigenvalue weighted by atomic mass is 10.2. The normalized spacial score (nSPS) is 16.6. The molecule has 0 bridgehead atoms. The summed E-state index contributed by atoms with van der Waals surface area (Å²) in [4.78, 5) is 29.5. The zero-order valence-electron chi connectivity index (χ0n) is 18.4. The highest BCUT2D eigenvalue weighted by atomic mass is 16.5. The highest BCUT2D eigenvalue weighted by Gasteiger charge is 2.28. The van der Waals surface area contributed by atoms with Gasteiger partial charge in [-0.25, -0.2) is 0 Å². The molecule has 3 rings (SSSR count). The summed E-state index contributed by atoms with van der Waals surface area (Å²) < 4.78 is 16.8.